The minimum atomic E-state index is -0.453. The van der Waals surface area contributed by atoms with Crippen molar-refractivity contribution in [1.82, 2.24) is 4.90 Å². The molecule has 1 amide bonds. The maximum absolute atomic E-state index is 12.4. The van der Waals surface area contributed by atoms with Gasteiger partial charge in [-0.2, -0.15) is 0 Å². The molecule has 2 aromatic carbocycles. The van der Waals surface area contributed by atoms with Crippen molar-refractivity contribution in [2.45, 2.75) is 13.0 Å². The quantitative estimate of drug-likeness (QED) is 0.626. The van der Waals surface area contributed by atoms with Crippen LogP contribution in [0.3, 0.4) is 0 Å². The monoisotopic (exact) mass is 325 g/mol. The van der Waals surface area contributed by atoms with Crippen molar-refractivity contribution in [3.8, 4) is 11.5 Å². The third-order valence-electron chi connectivity index (χ3n) is 4.04. The summed E-state index contributed by atoms with van der Waals surface area (Å²) in [5.41, 5.74) is 1.05. The Labute approximate surface area is 140 Å². The molecular formula is C19H19NO4. The van der Waals surface area contributed by atoms with Gasteiger partial charge in [0.2, 0.25) is 5.91 Å². The first-order valence-corrected chi connectivity index (χ1v) is 7.84. The van der Waals surface area contributed by atoms with Gasteiger partial charge in [-0.05, 0) is 17.7 Å². The average molecular weight is 325 g/mol. The highest BCUT2D eigenvalue weighted by atomic mass is 16.6. The number of carbonyl (C=O) groups is 2. The average Bonchev–Trinajstić information content (AvgIpc) is 2.97. The summed E-state index contributed by atoms with van der Waals surface area (Å²) < 4.78 is 10.6. The van der Waals surface area contributed by atoms with E-state index in [4.69, 9.17) is 9.47 Å². The summed E-state index contributed by atoms with van der Waals surface area (Å²) in [5, 5.41) is 0. The first-order chi connectivity index (χ1) is 11.7. The second-order valence-corrected chi connectivity index (χ2v) is 5.73. The maximum Gasteiger partial charge on any atom is 0.316 e. The molecule has 1 heterocycles. The Hall–Kier alpha value is -2.82. The van der Waals surface area contributed by atoms with Crippen LogP contribution < -0.4 is 9.47 Å². The van der Waals surface area contributed by atoms with Crippen LogP contribution >= 0.6 is 0 Å². The van der Waals surface area contributed by atoms with Gasteiger partial charge in [0.15, 0.2) is 11.5 Å². The fraction of sp³-hybridized carbons (Fsp3) is 0.263. The van der Waals surface area contributed by atoms with Crippen LogP contribution in [-0.2, 0) is 16.1 Å². The lowest BCUT2D eigenvalue weighted by atomic mass is 10.1. The van der Waals surface area contributed by atoms with E-state index < -0.39 is 11.9 Å². The van der Waals surface area contributed by atoms with Gasteiger partial charge in [-0.15, -0.1) is 0 Å². The number of hydrogen-bond acceptors (Lipinski definition) is 4. The van der Waals surface area contributed by atoms with Crippen LogP contribution in [0.1, 0.15) is 12.0 Å². The molecule has 1 aliphatic rings. The van der Waals surface area contributed by atoms with E-state index in [1.54, 1.807) is 29.2 Å². The van der Waals surface area contributed by atoms with E-state index in [-0.39, 0.29) is 12.3 Å². The highest BCUT2D eigenvalue weighted by Gasteiger charge is 2.35. The summed E-state index contributed by atoms with van der Waals surface area (Å²) in [6.45, 7) is 0.889. The zero-order valence-corrected chi connectivity index (χ0v) is 13.5. The normalized spacial score (nSPS) is 17.0. The number of rotatable bonds is 5. The highest BCUT2D eigenvalue weighted by molar-refractivity contribution is 5.87. The number of benzene rings is 2. The number of esters is 1. The van der Waals surface area contributed by atoms with Crippen LogP contribution in [0.5, 0.6) is 11.5 Å². The SMILES string of the molecule is COc1ccccc1OC(=O)C1CC(=O)N(Cc2ccccc2)C1. The number of para-hydroxylation sites is 2. The first kappa shape index (κ1) is 16.1. The molecule has 0 N–H and O–H groups in total. The molecule has 5 heteroatoms. The Morgan fingerprint density at radius 2 is 1.75 bits per heavy atom. The molecule has 0 saturated carbocycles. The third kappa shape index (κ3) is 3.56. The van der Waals surface area contributed by atoms with Gasteiger partial charge < -0.3 is 14.4 Å². The Kier molecular flexibility index (Phi) is 4.79. The highest BCUT2D eigenvalue weighted by Crippen LogP contribution is 2.28. The number of hydrogen-bond donors (Lipinski definition) is 0. The summed E-state index contributed by atoms with van der Waals surface area (Å²) >= 11 is 0. The second-order valence-electron chi connectivity index (χ2n) is 5.73. The van der Waals surface area contributed by atoms with Gasteiger partial charge in [0, 0.05) is 19.5 Å². The van der Waals surface area contributed by atoms with E-state index in [1.807, 2.05) is 30.3 Å². The van der Waals surface area contributed by atoms with Crippen molar-refractivity contribution in [2.24, 2.45) is 5.92 Å². The number of likely N-dealkylation sites (tertiary alicyclic amines) is 1. The summed E-state index contributed by atoms with van der Waals surface area (Å²) in [7, 11) is 1.52. The molecule has 124 valence electrons. The minimum Gasteiger partial charge on any atom is -0.493 e. The van der Waals surface area contributed by atoms with Crippen molar-refractivity contribution >= 4 is 11.9 Å². The smallest absolute Gasteiger partial charge is 0.316 e. The molecule has 1 unspecified atom stereocenters. The molecular weight excluding hydrogens is 306 g/mol. The predicted molar refractivity (Wildman–Crippen MR) is 88.6 cm³/mol. The zero-order chi connectivity index (χ0) is 16.9. The van der Waals surface area contributed by atoms with Crippen molar-refractivity contribution in [2.75, 3.05) is 13.7 Å². The first-order valence-electron chi connectivity index (χ1n) is 7.84. The van der Waals surface area contributed by atoms with E-state index in [0.29, 0.717) is 24.6 Å². The molecule has 1 atom stereocenters. The number of methoxy groups -OCH3 is 1. The lowest BCUT2D eigenvalue weighted by molar-refractivity contribution is -0.139. The Morgan fingerprint density at radius 3 is 2.46 bits per heavy atom. The summed E-state index contributed by atoms with van der Waals surface area (Å²) in [6.07, 6.45) is 0.181. The fourth-order valence-electron chi connectivity index (χ4n) is 2.78. The van der Waals surface area contributed by atoms with Gasteiger partial charge in [0.05, 0.1) is 13.0 Å². The van der Waals surface area contributed by atoms with E-state index in [1.165, 1.54) is 7.11 Å². The van der Waals surface area contributed by atoms with Gasteiger partial charge in [0.1, 0.15) is 0 Å². The van der Waals surface area contributed by atoms with E-state index in [2.05, 4.69) is 0 Å². The molecule has 1 saturated heterocycles. The van der Waals surface area contributed by atoms with E-state index in [0.717, 1.165) is 5.56 Å². The molecule has 5 nitrogen and oxygen atoms in total. The zero-order valence-electron chi connectivity index (χ0n) is 13.5. The third-order valence-corrected chi connectivity index (χ3v) is 4.04. The lowest BCUT2D eigenvalue weighted by Crippen LogP contribution is -2.27. The van der Waals surface area contributed by atoms with Crippen LogP contribution in [0.25, 0.3) is 0 Å². The fourth-order valence-corrected chi connectivity index (χ4v) is 2.78. The Morgan fingerprint density at radius 1 is 1.08 bits per heavy atom. The van der Waals surface area contributed by atoms with Crippen molar-refractivity contribution in [1.29, 1.82) is 0 Å². The van der Waals surface area contributed by atoms with Crippen molar-refractivity contribution < 1.29 is 19.1 Å². The summed E-state index contributed by atoms with van der Waals surface area (Å²) in [4.78, 5) is 26.2. The number of nitrogens with zero attached hydrogens (tertiary/aromatic N) is 1. The maximum atomic E-state index is 12.4. The summed E-state index contributed by atoms with van der Waals surface area (Å²) in [6, 6.07) is 16.7. The van der Waals surface area contributed by atoms with Crippen LogP contribution in [0.2, 0.25) is 0 Å². The van der Waals surface area contributed by atoms with E-state index in [9.17, 15) is 9.59 Å². The Balaban J connectivity index is 1.63. The summed E-state index contributed by atoms with van der Waals surface area (Å²) in [5.74, 6) is -0.00867. The van der Waals surface area contributed by atoms with Crippen LogP contribution in [0.15, 0.2) is 54.6 Å². The predicted octanol–water partition coefficient (Wildman–Crippen LogP) is 2.65. The van der Waals surface area contributed by atoms with Gasteiger partial charge in [-0.25, -0.2) is 0 Å². The molecule has 3 rings (SSSR count). The molecule has 1 fully saturated rings. The lowest BCUT2D eigenvalue weighted by Gasteiger charge is -2.16. The molecule has 0 radical (unpaired) electrons. The molecule has 0 aromatic heterocycles. The van der Waals surface area contributed by atoms with Gasteiger partial charge in [0.25, 0.3) is 0 Å². The molecule has 0 bridgehead atoms. The van der Waals surface area contributed by atoms with Crippen molar-refractivity contribution in [3.05, 3.63) is 60.2 Å². The number of amides is 1. The minimum absolute atomic E-state index is 0.0270. The van der Waals surface area contributed by atoms with Crippen LogP contribution in [0, 0.1) is 5.92 Å². The van der Waals surface area contributed by atoms with E-state index >= 15 is 0 Å². The number of carbonyl (C=O) groups excluding carboxylic acids is 2. The largest absolute Gasteiger partial charge is 0.493 e. The van der Waals surface area contributed by atoms with Gasteiger partial charge in [-0.1, -0.05) is 42.5 Å². The van der Waals surface area contributed by atoms with Gasteiger partial charge in [-0.3, -0.25) is 9.59 Å². The number of ether oxygens (including phenoxy) is 2. The molecule has 0 aliphatic carbocycles. The van der Waals surface area contributed by atoms with Crippen LogP contribution in [0.4, 0.5) is 0 Å². The topological polar surface area (TPSA) is 55.8 Å². The molecule has 0 spiro atoms. The van der Waals surface area contributed by atoms with Crippen molar-refractivity contribution in [3.63, 3.8) is 0 Å². The van der Waals surface area contributed by atoms with Crippen LogP contribution in [-0.4, -0.2) is 30.4 Å². The second kappa shape index (κ2) is 7.17. The molecule has 2 aromatic rings. The molecule has 1 aliphatic heterocycles. The van der Waals surface area contributed by atoms with Gasteiger partial charge >= 0.3 is 5.97 Å². The Bertz CT molecular complexity index is 729. The standard InChI is InChI=1S/C19H19NO4/c1-23-16-9-5-6-10-17(16)24-19(22)15-11-18(21)20(13-15)12-14-7-3-2-4-8-14/h2-10,15H,11-13H2,1H3. The molecule has 24 heavy (non-hydrogen) atoms.